The van der Waals surface area contributed by atoms with Gasteiger partial charge in [-0.25, -0.2) is 0 Å². The van der Waals surface area contributed by atoms with Gasteiger partial charge in [-0.15, -0.1) is 0 Å². The van der Waals surface area contributed by atoms with E-state index >= 15 is 0 Å². The number of nitro benzene ring substituents is 1. The van der Waals surface area contributed by atoms with E-state index in [1.807, 2.05) is 0 Å². The van der Waals surface area contributed by atoms with Crippen molar-refractivity contribution in [1.29, 1.82) is 0 Å². The topological polar surface area (TPSA) is 152 Å². The Morgan fingerprint density at radius 2 is 1.89 bits per heavy atom. The van der Waals surface area contributed by atoms with Gasteiger partial charge in [0.15, 0.2) is 0 Å². The Morgan fingerprint density at radius 3 is 2.37 bits per heavy atom. The van der Waals surface area contributed by atoms with E-state index in [2.05, 4.69) is 0 Å². The van der Waals surface area contributed by atoms with Gasteiger partial charge in [0.2, 0.25) is 0 Å². The number of nitrogens with zero attached hydrogens (tertiary/aromatic N) is 2. The predicted octanol–water partition coefficient (Wildman–Crippen LogP) is -0.458. The zero-order valence-corrected chi connectivity index (χ0v) is 10.4. The highest BCUT2D eigenvalue weighted by Gasteiger charge is 2.48. The second kappa shape index (κ2) is 3.72. The van der Waals surface area contributed by atoms with Gasteiger partial charge in [-0.2, -0.15) is 16.8 Å². The Kier molecular flexibility index (Phi) is 2.62. The number of sulfonamides is 1. The number of hydrogen-bond acceptors (Lipinski definition) is 7. The minimum absolute atomic E-state index is 0.549. The second-order valence-electron chi connectivity index (χ2n) is 3.42. The largest absolute Gasteiger partial charge is 0.376 e. The molecule has 0 aliphatic carbocycles. The molecule has 19 heavy (non-hydrogen) atoms. The van der Waals surface area contributed by atoms with Crippen molar-refractivity contribution in [1.82, 2.24) is 3.71 Å². The molecule has 1 heterocycles. The minimum Gasteiger partial charge on any atom is -0.268 e. The maximum absolute atomic E-state index is 11.8. The summed E-state index contributed by atoms with van der Waals surface area (Å²) in [6.45, 7) is 0. The number of amides is 1. The smallest absolute Gasteiger partial charge is 0.268 e. The standard InChI is InChI=1S/C7H4N2O8S2/c10-7-5-2-1-4(8(11)12)3-6(5)18(13,14)9(7)19(15,16)17/h1-3H,(H,15,16,17). The fourth-order valence-electron chi connectivity index (χ4n) is 1.54. The van der Waals surface area contributed by atoms with E-state index < -0.39 is 51.0 Å². The summed E-state index contributed by atoms with van der Waals surface area (Å²) in [6, 6.07) is 2.20. The Balaban J connectivity index is 2.79. The maximum atomic E-state index is 11.8. The first-order valence-corrected chi connectivity index (χ1v) is 7.26. The number of non-ortho nitro benzene ring substituents is 1. The van der Waals surface area contributed by atoms with E-state index in [0.29, 0.717) is 6.07 Å². The van der Waals surface area contributed by atoms with Crippen LogP contribution in [0.2, 0.25) is 0 Å². The number of benzene rings is 1. The molecule has 1 aromatic rings. The number of carbonyl (C=O) groups is 1. The van der Waals surface area contributed by atoms with E-state index in [4.69, 9.17) is 4.55 Å². The molecule has 1 amide bonds. The van der Waals surface area contributed by atoms with Gasteiger partial charge in [0.1, 0.15) is 4.90 Å². The van der Waals surface area contributed by atoms with E-state index in [0.717, 1.165) is 12.1 Å². The third kappa shape index (κ3) is 1.85. The molecule has 0 bridgehead atoms. The van der Waals surface area contributed by atoms with Crippen LogP contribution in [0.1, 0.15) is 10.4 Å². The first kappa shape index (κ1) is 13.4. The molecule has 0 spiro atoms. The number of hydrogen-bond donors (Lipinski definition) is 1. The number of fused-ring (bicyclic) bond motifs is 1. The summed E-state index contributed by atoms with van der Waals surface area (Å²) >= 11 is 0. The van der Waals surface area contributed by atoms with Crippen LogP contribution in [0.15, 0.2) is 23.1 Å². The average molecular weight is 308 g/mol. The summed E-state index contributed by atoms with van der Waals surface area (Å²) in [7, 11) is -10.2. The van der Waals surface area contributed by atoms with Crippen LogP contribution in [0, 0.1) is 10.1 Å². The third-order valence-corrected chi connectivity index (χ3v) is 5.51. The van der Waals surface area contributed by atoms with Gasteiger partial charge in [-0.05, 0) is 6.07 Å². The van der Waals surface area contributed by atoms with Crippen molar-refractivity contribution in [3.05, 3.63) is 33.9 Å². The van der Waals surface area contributed by atoms with Crippen LogP contribution in [0.5, 0.6) is 0 Å². The van der Waals surface area contributed by atoms with E-state index in [1.165, 1.54) is 0 Å². The van der Waals surface area contributed by atoms with Crippen molar-refractivity contribution < 1.29 is 31.1 Å². The minimum atomic E-state index is -5.33. The molecule has 0 saturated heterocycles. The molecule has 1 aromatic carbocycles. The van der Waals surface area contributed by atoms with E-state index in [9.17, 15) is 31.7 Å². The van der Waals surface area contributed by atoms with Crippen LogP contribution >= 0.6 is 0 Å². The lowest BCUT2D eigenvalue weighted by Gasteiger charge is -2.09. The van der Waals surface area contributed by atoms with Gasteiger partial charge in [0.25, 0.3) is 21.6 Å². The molecule has 1 aliphatic heterocycles. The number of rotatable bonds is 2. The van der Waals surface area contributed by atoms with E-state index in [-0.39, 0.29) is 0 Å². The molecule has 2 rings (SSSR count). The Bertz CT molecular complexity index is 809. The summed E-state index contributed by atoms with van der Waals surface area (Å²) in [6.07, 6.45) is 0. The molecule has 0 unspecified atom stereocenters. The number of nitro groups is 1. The molecule has 1 aliphatic rings. The highest BCUT2D eigenvalue weighted by Crippen LogP contribution is 2.34. The van der Waals surface area contributed by atoms with Crippen molar-refractivity contribution in [3.8, 4) is 0 Å². The molecule has 0 aromatic heterocycles. The van der Waals surface area contributed by atoms with Gasteiger partial charge in [-0.1, -0.05) is 3.71 Å². The lowest BCUT2D eigenvalue weighted by atomic mass is 10.2. The molecule has 12 heteroatoms. The summed E-state index contributed by atoms with van der Waals surface area (Å²) < 4.78 is 53.3. The van der Waals surface area contributed by atoms with Crippen molar-refractivity contribution in [2.45, 2.75) is 4.90 Å². The summed E-state index contributed by atoms with van der Waals surface area (Å²) in [5.74, 6) is -1.49. The summed E-state index contributed by atoms with van der Waals surface area (Å²) in [5, 5.41) is 10.5. The predicted molar refractivity (Wildman–Crippen MR) is 58.0 cm³/mol. The summed E-state index contributed by atoms with van der Waals surface area (Å²) in [5.41, 5.74) is -1.20. The monoisotopic (exact) mass is 308 g/mol. The zero-order chi connectivity index (χ0) is 14.6. The molecule has 0 fully saturated rings. The molecule has 0 saturated carbocycles. The Morgan fingerprint density at radius 1 is 1.32 bits per heavy atom. The molecule has 1 N–H and O–H groups in total. The number of carbonyl (C=O) groups excluding carboxylic acids is 1. The van der Waals surface area contributed by atoms with Gasteiger partial charge in [-0.3, -0.25) is 19.5 Å². The molecule has 102 valence electrons. The highest BCUT2D eigenvalue weighted by molar-refractivity contribution is 8.03. The van der Waals surface area contributed by atoms with Crippen molar-refractivity contribution in [3.63, 3.8) is 0 Å². The normalized spacial score (nSPS) is 17.3. The van der Waals surface area contributed by atoms with Crippen LogP contribution in [-0.2, 0) is 20.3 Å². The van der Waals surface area contributed by atoms with Gasteiger partial charge in [0.05, 0.1) is 10.5 Å². The molecule has 0 atom stereocenters. The lowest BCUT2D eigenvalue weighted by molar-refractivity contribution is -0.385. The molecular weight excluding hydrogens is 304 g/mol. The van der Waals surface area contributed by atoms with Gasteiger partial charge < -0.3 is 0 Å². The van der Waals surface area contributed by atoms with Crippen LogP contribution in [0.3, 0.4) is 0 Å². The summed E-state index contributed by atoms with van der Waals surface area (Å²) in [4.78, 5) is 20.3. The first-order chi connectivity index (χ1) is 8.56. The molecule has 0 radical (unpaired) electrons. The van der Waals surface area contributed by atoms with E-state index in [1.54, 1.807) is 0 Å². The average Bonchev–Trinajstić information content (AvgIpc) is 2.45. The van der Waals surface area contributed by atoms with Crippen molar-refractivity contribution in [2.24, 2.45) is 0 Å². The van der Waals surface area contributed by atoms with Crippen LogP contribution < -0.4 is 0 Å². The Hall–Kier alpha value is -2.05. The Labute approximate surface area is 106 Å². The third-order valence-electron chi connectivity index (χ3n) is 2.28. The SMILES string of the molecule is O=C1c2ccc([N+](=O)[O-])cc2S(=O)(=O)N1S(=O)(=O)O. The zero-order valence-electron chi connectivity index (χ0n) is 8.75. The lowest BCUT2D eigenvalue weighted by Crippen LogP contribution is -2.35. The molecular formula is C7H4N2O8S2. The highest BCUT2D eigenvalue weighted by atomic mass is 32.3. The second-order valence-corrected chi connectivity index (χ2v) is 6.67. The van der Waals surface area contributed by atoms with Crippen molar-refractivity contribution >= 4 is 31.9 Å². The quantitative estimate of drug-likeness (QED) is 0.437. The first-order valence-electron chi connectivity index (χ1n) is 4.42. The van der Waals surface area contributed by atoms with Crippen LogP contribution in [0.4, 0.5) is 5.69 Å². The van der Waals surface area contributed by atoms with Crippen LogP contribution in [-0.4, -0.2) is 35.9 Å². The maximum Gasteiger partial charge on any atom is 0.376 e. The van der Waals surface area contributed by atoms with Gasteiger partial charge in [0, 0.05) is 12.1 Å². The fraction of sp³-hybridized carbons (Fsp3) is 0. The fourth-order valence-corrected chi connectivity index (χ4v) is 4.28. The van der Waals surface area contributed by atoms with Crippen molar-refractivity contribution in [2.75, 3.05) is 0 Å². The van der Waals surface area contributed by atoms with Gasteiger partial charge >= 0.3 is 10.3 Å². The van der Waals surface area contributed by atoms with Crippen LogP contribution in [0.25, 0.3) is 0 Å². The molecule has 10 nitrogen and oxygen atoms in total.